The second-order valence-electron chi connectivity index (χ2n) is 6.12. The van der Waals surface area contributed by atoms with Gasteiger partial charge in [0.15, 0.2) is 11.6 Å². The number of rotatable bonds is 4. The van der Waals surface area contributed by atoms with Crippen LogP contribution in [0.2, 0.25) is 5.02 Å². The number of hydrogen-bond acceptors (Lipinski definition) is 4. The number of amides is 1. The maximum atomic E-state index is 12.5. The van der Waals surface area contributed by atoms with Crippen LogP contribution in [0.5, 0.6) is 0 Å². The van der Waals surface area contributed by atoms with Gasteiger partial charge in [-0.3, -0.25) is 9.89 Å². The maximum Gasteiger partial charge on any atom is 0.292 e. The van der Waals surface area contributed by atoms with Gasteiger partial charge < -0.3 is 14.6 Å². The number of halogens is 1. The van der Waals surface area contributed by atoms with Crippen LogP contribution in [0.25, 0.3) is 11.0 Å². The highest BCUT2D eigenvalue weighted by molar-refractivity contribution is 6.32. The molecule has 126 valence electrons. The largest absolute Gasteiger partial charge is 0.451 e. The standard InChI is InChI=1S/C17H19ClN4O2/c1-9-5-14-12(7-13(9)18)10(2)16(24-14)17(23)19-15-6-11(20-21-15)8-22(3)4/h5-7H,8H2,1-4H3,(H2,19,20,21,23). The number of nitrogens with one attached hydrogen (secondary N) is 2. The Kier molecular flexibility index (Phi) is 4.34. The molecule has 3 rings (SSSR count). The summed E-state index contributed by atoms with van der Waals surface area (Å²) in [6, 6.07) is 5.47. The lowest BCUT2D eigenvalue weighted by molar-refractivity contribution is 0.0997. The van der Waals surface area contributed by atoms with Gasteiger partial charge in [-0.1, -0.05) is 11.6 Å². The molecule has 0 aliphatic heterocycles. The zero-order chi connectivity index (χ0) is 17.4. The summed E-state index contributed by atoms with van der Waals surface area (Å²) in [5.41, 5.74) is 3.23. The molecule has 2 heterocycles. The second kappa shape index (κ2) is 6.30. The lowest BCUT2D eigenvalue weighted by Crippen LogP contribution is -2.12. The molecule has 24 heavy (non-hydrogen) atoms. The molecule has 0 spiro atoms. The van der Waals surface area contributed by atoms with Gasteiger partial charge in [-0.25, -0.2) is 0 Å². The Morgan fingerprint density at radius 3 is 2.79 bits per heavy atom. The average molecular weight is 347 g/mol. The predicted octanol–water partition coefficient (Wildman–Crippen LogP) is 3.74. The Morgan fingerprint density at radius 1 is 1.33 bits per heavy atom. The number of fused-ring (bicyclic) bond motifs is 1. The van der Waals surface area contributed by atoms with Gasteiger partial charge in [-0.05, 0) is 45.6 Å². The summed E-state index contributed by atoms with van der Waals surface area (Å²) in [5.74, 6) is 0.398. The van der Waals surface area contributed by atoms with Crippen molar-refractivity contribution in [3.8, 4) is 0 Å². The van der Waals surface area contributed by atoms with Crippen LogP contribution in [0.15, 0.2) is 22.6 Å². The first-order chi connectivity index (χ1) is 11.3. The van der Waals surface area contributed by atoms with Crippen molar-refractivity contribution in [1.82, 2.24) is 15.1 Å². The number of nitrogens with zero attached hydrogens (tertiary/aromatic N) is 2. The van der Waals surface area contributed by atoms with Crippen LogP contribution in [0, 0.1) is 13.8 Å². The molecule has 0 fully saturated rings. The highest BCUT2D eigenvalue weighted by Gasteiger charge is 2.19. The van der Waals surface area contributed by atoms with Crippen LogP contribution in [0.1, 0.15) is 27.4 Å². The van der Waals surface area contributed by atoms with E-state index in [0.717, 1.165) is 22.2 Å². The van der Waals surface area contributed by atoms with Gasteiger partial charge in [-0.15, -0.1) is 0 Å². The predicted molar refractivity (Wildman–Crippen MR) is 94.6 cm³/mol. The van der Waals surface area contributed by atoms with Gasteiger partial charge in [-0.2, -0.15) is 5.10 Å². The molecule has 0 aliphatic rings. The van der Waals surface area contributed by atoms with E-state index in [4.69, 9.17) is 16.0 Å². The van der Waals surface area contributed by atoms with E-state index in [1.807, 2.05) is 45.0 Å². The SMILES string of the molecule is Cc1cc2oc(C(=O)Nc3cc(CN(C)C)[nH]n3)c(C)c2cc1Cl. The Labute approximate surface area is 144 Å². The lowest BCUT2D eigenvalue weighted by Gasteiger charge is -2.05. The maximum absolute atomic E-state index is 12.5. The minimum atomic E-state index is -0.333. The van der Waals surface area contributed by atoms with Crippen molar-refractivity contribution in [1.29, 1.82) is 0 Å². The number of hydrogen-bond donors (Lipinski definition) is 2. The van der Waals surface area contributed by atoms with Crippen molar-refractivity contribution in [3.05, 3.63) is 45.8 Å². The number of anilines is 1. The van der Waals surface area contributed by atoms with E-state index in [1.165, 1.54) is 0 Å². The molecule has 0 saturated heterocycles. The Balaban J connectivity index is 1.86. The van der Waals surface area contributed by atoms with E-state index in [1.54, 1.807) is 6.07 Å². The van der Waals surface area contributed by atoms with Gasteiger partial charge >= 0.3 is 0 Å². The van der Waals surface area contributed by atoms with Crippen LogP contribution in [-0.4, -0.2) is 35.1 Å². The van der Waals surface area contributed by atoms with E-state index in [0.29, 0.717) is 23.0 Å². The number of aryl methyl sites for hydroxylation is 2. The van der Waals surface area contributed by atoms with Crippen molar-refractivity contribution >= 4 is 34.3 Å². The summed E-state index contributed by atoms with van der Waals surface area (Å²) in [5, 5.41) is 11.2. The highest BCUT2D eigenvalue weighted by Crippen LogP contribution is 2.30. The average Bonchev–Trinajstić information content (AvgIpc) is 3.05. The topological polar surface area (TPSA) is 74.2 Å². The van der Waals surface area contributed by atoms with Gasteiger partial charge in [0, 0.05) is 28.6 Å². The number of furan rings is 1. The summed E-state index contributed by atoms with van der Waals surface area (Å²) >= 11 is 6.16. The number of H-pyrrole nitrogens is 1. The molecular formula is C17H19ClN4O2. The van der Waals surface area contributed by atoms with Crippen LogP contribution in [0.3, 0.4) is 0 Å². The van der Waals surface area contributed by atoms with Crippen LogP contribution >= 0.6 is 11.6 Å². The fraction of sp³-hybridized carbons (Fsp3) is 0.294. The molecule has 1 amide bonds. The smallest absolute Gasteiger partial charge is 0.292 e. The van der Waals surface area contributed by atoms with E-state index in [2.05, 4.69) is 15.5 Å². The van der Waals surface area contributed by atoms with Gasteiger partial charge in [0.2, 0.25) is 0 Å². The molecule has 0 aliphatic carbocycles. The molecule has 0 bridgehead atoms. The van der Waals surface area contributed by atoms with Gasteiger partial charge in [0.25, 0.3) is 5.91 Å². The van der Waals surface area contributed by atoms with Crippen molar-refractivity contribution in [2.24, 2.45) is 0 Å². The fourth-order valence-electron chi connectivity index (χ4n) is 2.58. The molecular weight excluding hydrogens is 328 g/mol. The van der Waals surface area contributed by atoms with Crippen LogP contribution in [-0.2, 0) is 6.54 Å². The van der Waals surface area contributed by atoms with Crippen molar-refractivity contribution < 1.29 is 9.21 Å². The van der Waals surface area contributed by atoms with Crippen molar-refractivity contribution in [2.45, 2.75) is 20.4 Å². The number of benzene rings is 1. The van der Waals surface area contributed by atoms with Crippen LogP contribution in [0.4, 0.5) is 5.82 Å². The first-order valence-electron chi connectivity index (χ1n) is 7.54. The summed E-state index contributed by atoms with van der Waals surface area (Å²) in [6.45, 7) is 4.45. The highest BCUT2D eigenvalue weighted by atomic mass is 35.5. The Bertz CT molecular complexity index is 911. The number of aromatic amines is 1. The molecule has 3 aromatic rings. The number of aromatic nitrogens is 2. The number of carbonyl (C=O) groups is 1. The van der Waals surface area contributed by atoms with E-state index in [-0.39, 0.29) is 11.7 Å². The minimum Gasteiger partial charge on any atom is -0.451 e. The van der Waals surface area contributed by atoms with E-state index >= 15 is 0 Å². The minimum absolute atomic E-state index is 0.267. The molecule has 0 atom stereocenters. The third-order valence-corrected chi connectivity index (χ3v) is 4.19. The van der Waals surface area contributed by atoms with Crippen molar-refractivity contribution in [2.75, 3.05) is 19.4 Å². The molecule has 0 unspecified atom stereocenters. The Morgan fingerprint density at radius 2 is 2.08 bits per heavy atom. The molecule has 0 saturated carbocycles. The monoisotopic (exact) mass is 346 g/mol. The van der Waals surface area contributed by atoms with Gasteiger partial charge in [0.05, 0.1) is 5.69 Å². The molecule has 6 nitrogen and oxygen atoms in total. The number of carbonyl (C=O) groups excluding carboxylic acids is 1. The zero-order valence-corrected chi connectivity index (χ0v) is 14.8. The summed E-state index contributed by atoms with van der Waals surface area (Å²) in [6.07, 6.45) is 0. The van der Waals surface area contributed by atoms with Gasteiger partial charge in [0.1, 0.15) is 5.58 Å². The molecule has 1 aromatic carbocycles. The third-order valence-electron chi connectivity index (χ3n) is 3.78. The van der Waals surface area contributed by atoms with E-state index in [9.17, 15) is 4.79 Å². The van der Waals surface area contributed by atoms with Crippen molar-refractivity contribution in [3.63, 3.8) is 0 Å². The molecule has 2 aromatic heterocycles. The van der Waals surface area contributed by atoms with Crippen LogP contribution < -0.4 is 5.32 Å². The Hall–Kier alpha value is -2.31. The first-order valence-corrected chi connectivity index (χ1v) is 7.92. The van der Waals surface area contributed by atoms with E-state index < -0.39 is 0 Å². The lowest BCUT2D eigenvalue weighted by atomic mass is 10.1. The molecule has 7 heteroatoms. The fourth-order valence-corrected chi connectivity index (χ4v) is 2.74. The summed E-state index contributed by atoms with van der Waals surface area (Å²) in [7, 11) is 3.92. The summed E-state index contributed by atoms with van der Waals surface area (Å²) in [4.78, 5) is 14.5. The normalized spacial score (nSPS) is 11.4. The molecule has 0 radical (unpaired) electrons. The second-order valence-corrected chi connectivity index (χ2v) is 6.53. The first kappa shape index (κ1) is 16.5. The molecule has 2 N–H and O–H groups in total. The third kappa shape index (κ3) is 3.16. The zero-order valence-electron chi connectivity index (χ0n) is 14.0. The quantitative estimate of drug-likeness (QED) is 0.754. The summed E-state index contributed by atoms with van der Waals surface area (Å²) < 4.78 is 5.72.